The van der Waals surface area contributed by atoms with Crippen LogP contribution in [-0.2, 0) is 0 Å². The van der Waals surface area contributed by atoms with Gasteiger partial charge in [0.2, 0.25) is 0 Å². The van der Waals surface area contributed by atoms with E-state index in [9.17, 15) is 0 Å². The third-order valence-corrected chi connectivity index (χ3v) is 3.99. The third kappa shape index (κ3) is 1.45. The minimum atomic E-state index is 0.894. The highest BCUT2D eigenvalue weighted by Crippen LogP contribution is 2.57. The van der Waals surface area contributed by atoms with Crippen LogP contribution in [0.3, 0.4) is 0 Å². The zero-order valence-electron chi connectivity index (χ0n) is 7.90. The van der Waals surface area contributed by atoms with Crippen LogP contribution in [0, 0.1) is 17.3 Å². The van der Waals surface area contributed by atoms with Gasteiger partial charge in [0.05, 0.1) is 0 Å². The molecule has 11 heavy (non-hydrogen) atoms. The molecular formula is C11H20. The van der Waals surface area contributed by atoms with Crippen molar-refractivity contribution in [1.29, 1.82) is 0 Å². The molecule has 2 aliphatic carbocycles. The van der Waals surface area contributed by atoms with Gasteiger partial charge in [0, 0.05) is 0 Å². The van der Waals surface area contributed by atoms with Crippen molar-refractivity contribution in [3.8, 4) is 0 Å². The summed E-state index contributed by atoms with van der Waals surface area (Å²) in [5.41, 5.74) is 0.894. The van der Waals surface area contributed by atoms with Gasteiger partial charge >= 0.3 is 0 Å². The summed E-state index contributed by atoms with van der Waals surface area (Å²) in [6.07, 6.45) is 9.26. The Bertz CT molecular complexity index is 132. The van der Waals surface area contributed by atoms with E-state index in [4.69, 9.17) is 0 Å². The van der Waals surface area contributed by atoms with Gasteiger partial charge in [-0.3, -0.25) is 0 Å². The summed E-state index contributed by atoms with van der Waals surface area (Å²) >= 11 is 0. The van der Waals surface area contributed by atoms with Crippen molar-refractivity contribution in [3.05, 3.63) is 0 Å². The first kappa shape index (κ1) is 7.64. The molecule has 0 nitrogen and oxygen atoms in total. The van der Waals surface area contributed by atoms with Crippen LogP contribution in [-0.4, -0.2) is 0 Å². The fourth-order valence-electron chi connectivity index (χ4n) is 2.60. The number of rotatable bonds is 1. The van der Waals surface area contributed by atoms with Crippen LogP contribution in [0.15, 0.2) is 0 Å². The average molecular weight is 152 g/mol. The molecule has 0 unspecified atom stereocenters. The lowest BCUT2D eigenvalue weighted by molar-refractivity contribution is 0.210. The van der Waals surface area contributed by atoms with Gasteiger partial charge in [0.1, 0.15) is 0 Å². The van der Waals surface area contributed by atoms with Gasteiger partial charge in [-0.1, -0.05) is 13.8 Å². The van der Waals surface area contributed by atoms with Crippen molar-refractivity contribution in [2.75, 3.05) is 0 Å². The van der Waals surface area contributed by atoms with Gasteiger partial charge in [-0.2, -0.15) is 0 Å². The molecule has 0 atom stereocenters. The molecular weight excluding hydrogens is 132 g/mol. The number of hydrogen-bond donors (Lipinski definition) is 0. The maximum atomic E-state index is 2.38. The lowest BCUT2D eigenvalue weighted by Crippen LogP contribution is -2.19. The van der Waals surface area contributed by atoms with E-state index in [1.807, 2.05) is 0 Å². The normalized spacial score (nSPS) is 29.7. The van der Waals surface area contributed by atoms with Crippen molar-refractivity contribution >= 4 is 0 Å². The molecule has 0 saturated heterocycles. The Morgan fingerprint density at radius 3 is 1.91 bits per heavy atom. The lowest BCUT2D eigenvalue weighted by atomic mass is 9.75. The van der Waals surface area contributed by atoms with E-state index in [0.717, 1.165) is 17.3 Å². The molecule has 0 heteroatoms. The van der Waals surface area contributed by atoms with Crippen molar-refractivity contribution in [2.45, 2.75) is 52.4 Å². The van der Waals surface area contributed by atoms with Crippen LogP contribution in [0.5, 0.6) is 0 Å². The molecule has 0 aliphatic heterocycles. The summed E-state index contributed by atoms with van der Waals surface area (Å²) in [5, 5.41) is 0. The second-order valence-electron chi connectivity index (χ2n) is 5.08. The summed E-state index contributed by atoms with van der Waals surface area (Å²) in [4.78, 5) is 0. The summed E-state index contributed by atoms with van der Waals surface area (Å²) in [6.45, 7) is 4.77. The number of hydrogen-bond acceptors (Lipinski definition) is 0. The topological polar surface area (TPSA) is 0 Å². The predicted molar refractivity (Wildman–Crippen MR) is 48.5 cm³/mol. The monoisotopic (exact) mass is 152 g/mol. The minimum absolute atomic E-state index is 0.894. The molecule has 2 aliphatic rings. The zero-order valence-corrected chi connectivity index (χ0v) is 7.90. The first-order valence-corrected chi connectivity index (χ1v) is 5.22. The largest absolute Gasteiger partial charge is 0.0625 e. The molecule has 0 radical (unpaired) electrons. The van der Waals surface area contributed by atoms with Crippen molar-refractivity contribution in [3.63, 3.8) is 0 Å². The SMILES string of the molecule is CC(C)C1CCC2(CC1)CC2. The Balaban J connectivity index is 1.84. The Labute approximate surface area is 70.4 Å². The van der Waals surface area contributed by atoms with Crippen LogP contribution >= 0.6 is 0 Å². The van der Waals surface area contributed by atoms with Gasteiger partial charge < -0.3 is 0 Å². The van der Waals surface area contributed by atoms with E-state index in [2.05, 4.69) is 13.8 Å². The van der Waals surface area contributed by atoms with E-state index in [1.165, 1.54) is 12.8 Å². The molecule has 0 N–H and O–H groups in total. The molecule has 0 aromatic rings. The Morgan fingerprint density at radius 2 is 1.55 bits per heavy atom. The fraction of sp³-hybridized carbons (Fsp3) is 1.00. The molecule has 0 bridgehead atoms. The second-order valence-corrected chi connectivity index (χ2v) is 5.08. The van der Waals surface area contributed by atoms with Crippen LogP contribution in [0.25, 0.3) is 0 Å². The summed E-state index contributed by atoms with van der Waals surface area (Å²) in [7, 11) is 0. The zero-order chi connectivity index (χ0) is 7.90. The minimum Gasteiger partial charge on any atom is -0.0625 e. The van der Waals surface area contributed by atoms with Crippen molar-refractivity contribution in [2.24, 2.45) is 17.3 Å². The maximum absolute atomic E-state index is 2.38. The average Bonchev–Trinajstić information content (AvgIpc) is 2.70. The molecule has 2 rings (SSSR count). The standard InChI is InChI=1S/C11H20/c1-9(2)10-3-5-11(6-4-10)7-8-11/h9-10H,3-8H2,1-2H3. The quantitative estimate of drug-likeness (QED) is 0.538. The summed E-state index contributed by atoms with van der Waals surface area (Å²) < 4.78 is 0. The molecule has 0 aromatic carbocycles. The Kier molecular flexibility index (Phi) is 1.74. The molecule has 2 fully saturated rings. The fourth-order valence-corrected chi connectivity index (χ4v) is 2.60. The molecule has 0 aromatic heterocycles. The first-order chi connectivity index (χ1) is 5.22. The molecule has 64 valence electrons. The smallest absolute Gasteiger partial charge is 0.0297 e. The molecule has 1 spiro atoms. The second kappa shape index (κ2) is 2.50. The van der Waals surface area contributed by atoms with Gasteiger partial charge in [-0.15, -0.1) is 0 Å². The van der Waals surface area contributed by atoms with Gasteiger partial charge in [-0.05, 0) is 55.8 Å². The maximum Gasteiger partial charge on any atom is -0.0297 e. The Morgan fingerprint density at radius 1 is 1.00 bits per heavy atom. The van der Waals surface area contributed by atoms with E-state index in [-0.39, 0.29) is 0 Å². The van der Waals surface area contributed by atoms with E-state index in [1.54, 1.807) is 25.7 Å². The van der Waals surface area contributed by atoms with Crippen LogP contribution in [0.1, 0.15) is 52.4 Å². The van der Waals surface area contributed by atoms with Gasteiger partial charge in [0.25, 0.3) is 0 Å². The highest BCUT2D eigenvalue weighted by Gasteiger charge is 2.44. The predicted octanol–water partition coefficient (Wildman–Crippen LogP) is 3.61. The van der Waals surface area contributed by atoms with Crippen molar-refractivity contribution in [1.82, 2.24) is 0 Å². The van der Waals surface area contributed by atoms with Crippen LogP contribution in [0.4, 0.5) is 0 Å². The van der Waals surface area contributed by atoms with Crippen molar-refractivity contribution < 1.29 is 0 Å². The summed E-state index contributed by atoms with van der Waals surface area (Å²) in [6, 6.07) is 0. The highest BCUT2D eigenvalue weighted by molar-refractivity contribution is 4.96. The van der Waals surface area contributed by atoms with E-state index < -0.39 is 0 Å². The van der Waals surface area contributed by atoms with Crippen LogP contribution < -0.4 is 0 Å². The molecule has 2 saturated carbocycles. The van der Waals surface area contributed by atoms with E-state index >= 15 is 0 Å². The third-order valence-electron chi connectivity index (χ3n) is 3.99. The molecule has 0 heterocycles. The first-order valence-electron chi connectivity index (χ1n) is 5.22. The van der Waals surface area contributed by atoms with Crippen LogP contribution in [0.2, 0.25) is 0 Å². The highest BCUT2D eigenvalue weighted by atomic mass is 14.5. The van der Waals surface area contributed by atoms with E-state index in [0.29, 0.717) is 0 Å². The molecule has 0 amide bonds. The summed E-state index contributed by atoms with van der Waals surface area (Å²) in [5.74, 6) is 1.99. The lowest BCUT2D eigenvalue weighted by Gasteiger charge is -2.30. The van der Waals surface area contributed by atoms with Gasteiger partial charge in [-0.25, -0.2) is 0 Å². The Hall–Kier alpha value is 0. The van der Waals surface area contributed by atoms with Gasteiger partial charge in [0.15, 0.2) is 0 Å².